The molecular formula is C18H27NO4. The number of nitrogens with one attached hydrogen (secondary N) is 1. The molecule has 23 heavy (non-hydrogen) atoms. The van der Waals surface area contributed by atoms with Crippen molar-refractivity contribution in [1.29, 1.82) is 0 Å². The van der Waals surface area contributed by atoms with Gasteiger partial charge in [-0.2, -0.15) is 0 Å². The Morgan fingerprint density at radius 3 is 2.65 bits per heavy atom. The Morgan fingerprint density at radius 1 is 1.22 bits per heavy atom. The number of amides is 1. The molecule has 128 valence electrons. The lowest BCUT2D eigenvalue weighted by Crippen LogP contribution is -2.22. The number of rotatable bonds is 10. The van der Waals surface area contributed by atoms with Gasteiger partial charge in [-0.05, 0) is 31.9 Å². The first-order chi connectivity index (χ1) is 11.1. The molecule has 0 aromatic heterocycles. The third-order valence-electron chi connectivity index (χ3n) is 3.53. The minimum Gasteiger partial charge on any atom is -0.482 e. The zero-order chi connectivity index (χ0) is 17.1. The first-order valence-electron chi connectivity index (χ1n) is 8.30. The second-order valence-electron chi connectivity index (χ2n) is 5.36. The van der Waals surface area contributed by atoms with Crippen LogP contribution < -0.4 is 10.1 Å². The molecule has 1 N–H and O–H groups in total. The first-order valence-corrected chi connectivity index (χ1v) is 8.30. The molecule has 1 atom stereocenters. The number of esters is 1. The molecule has 0 saturated heterocycles. The van der Waals surface area contributed by atoms with Gasteiger partial charge in [0.1, 0.15) is 5.75 Å². The number of benzene rings is 1. The van der Waals surface area contributed by atoms with Crippen molar-refractivity contribution in [3.05, 3.63) is 24.3 Å². The molecule has 1 unspecified atom stereocenters. The van der Waals surface area contributed by atoms with E-state index in [1.54, 1.807) is 25.1 Å². The van der Waals surface area contributed by atoms with Crippen LogP contribution in [0.3, 0.4) is 0 Å². The smallest absolute Gasteiger partial charge is 0.344 e. The third kappa shape index (κ3) is 7.17. The fourth-order valence-electron chi connectivity index (χ4n) is 2.22. The van der Waals surface area contributed by atoms with Gasteiger partial charge in [-0.1, -0.05) is 32.8 Å². The number of carbonyl (C=O) groups is 2. The van der Waals surface area contributed by atoms with E-state index in [1.165, 1.54) is 0 Å². The van der Waals surface area contributed by atoms with E-state index in [4.69, 9.17) is 9.47 Å². The number of anilines is 1. The highest BCUT2D eigenvalue weighted by Gasteiger charge is 2.16. The molecule has 0 fully saturated rings. The van der Waals surface area contributed by atoms with Gasteiger partial charge >= 0.3 is 5.97 Å². The van der Waals surface area contributed by atoms with E-state index in [9.17, 15) is 9.59 Å². The Kier molecular flexibility index (Phi) is 8.80. The fraction of sp³-hybridized carbons (Fsp3) is 0.556. The van der Waals surface area contributed by atoms with Crippen molar-refractivity contribution in [3.8, 4) is 5.75 Å². The maximum absolute atomic E-state index is 12.3. The first kappa shape index (κ1) is 19.0. The maximum Gasteiger partial charge on any atom is 0.344 e. The van der Waals surface area contributed by atoms with E-state index < -0.39 is 5.97 Å². The lowest BCUT2D eigenvalue weighted by Gasteiger charge is -2.15. The second-order valence-corrected chi connectivity index (χ2v) is 5.36. The molecule has 0 heterocycles. The van der Waals surface area contributed by atoms with Crippen LogP contribution in [-0.2, 0) is 14.3 Å². The summed E-state index contributed by atoms with van der Waals surface area (Å²) in [5, 5.41) is 2.92. The summed E-state index contributed by atoms with van der Waals surface area (Å²) in [7, 11) is 0. The molecular weight excluding hydrogens is 294 g/mol. The largest absolute Gasteiger partial charge is 0.482 e. The second kappa shape index (κ2) is 10.6. The molecule has 0 bridgehead atoms. The molecule has 0 aliphatic carbocycles. The Morgan fingerprint density at radius 2 is 2.00 bits per heavy atom. The lowest BCUT2D eigenvalue weighted by molar-refractivity contribution is -0.145. The van der Waals surface area contributed by atoms with E-state index in [0.29, 0.717) is 18.0 Å². The van der Waals surface area contributed by atoms with Gasteiger partial charge in [0.15, 0.2) is 6.61 Å². The molecule has 0 aliphatic heterocycles. The summed E-state index contributed by atoms with van der Waals surface area (Å²) in [6.07, 6.45) is 3.86. The molecule has 0 saturated carbocycles. The number of ether oxygens (including phenoxy) is 2. The highest BCUT2D eigenvalue weighted by Crippen LogP contribution is 2.20. The summed E-state index contributed by atoms with van der Waals surface area (Å²) in [5.41, 5.74) is 0.673. The van der Waals surface area contributed by atoms with Crippen molar-refractivity contribution in [3.63, 3.8) is 0 Å². The SMILES string of the molecule is CCCCC(CC)C(=O)Nc1cccc(OCC(=O)OCC)c1. The molecule has 0 radical (unpaired) electrons. The van der Waals surface area contributed by atoms with Crippen LogP contribution in [-0.4, -0.2) is 25.1 Å². The van der Waals surface area contributed by atoms with Gasteiger partial charge in [0.2, 0.25) is 5.91 Å². The van der Waals surface area contributed by atoms with Gasteiger partial charge in [-0.25, -0.2) is 4.79 Å². The summed E-state index contributed by atoms with van der Waals surface area (Å²) in [4.78, 5) is 23.6. The van der Waals surface area contributed by atoms with Crippen molar-refractivity contribution in [2.24, 2.45) is 5.92 Å². The summed E-state index contributed by atoms with van der Waals surface area (Å²) >= 11 is 0. The van der Waals surface area contributed by atoms with Crippen LogP contribution in [0.4, 0.5) is 5.69 Å². The number of hydrogen-bond acceptors (Lipinski definition) is 4. The molecule has 1 aromatic carbocycles. The number of unbranched alkanes of at least 4 members (excludes halogenated alkanes) is 1. The van der Waals surface area contributed by atoms with Crippen LogP contribution in [0.25, 0.3) is 0 Å². The highest BCUT2D eigenvalue weighted by molar-refractivity contribution is 5.92. The van der Waals surface area contributed by atoms with Gasteiger partial charge in [-0.15, -0.1) is 0 Å². The Hall–Kier alpha value is -2.04. The average Bonchev–Trinajstić information content (AvgIpc) is 2.54. The monoisotopic (exact) mass is 321 g/mol. The Balaban J connectivity index is 2.58. The van der Waals surface area contributed by atoms with Gasteiger partial charge in [-0.3, -0.25) is 4.79 Å². The molecule has 5 nitrogen and oxygen atoms in total. The van der Waals surface area contributed by atoms with Crippen LogP contribution >= 0.6 is 0 Å². The van der Waals surface area contributed by atoms with Crippen LogP contribution in [0, 0.1) is 5.92 Å². The minimum atomic E-state index is -0.410. The molecule has 1 aromatic rings. The summed E-state index contributed by atoms with van der Waals surface area (Å²) in [6, 6.07) is 7.04. The quantitative estimate of drug-likeness (QED) is 0.666. The lowest BCUT2D eigenvalue weighted by atomic mass is 9.98. The molecule has 0 aliphatic rings. The molecule has 1 amide bonds. The van der Waals surface area contributed by atoms with Gasteiger partial charge in [0.05, 0.1) is 6.61 Å². The predicted molar refractivity (Wildman–Crippen MR) is 90.5 cm³/mol. The van der Waals surface area contributed by atoms with Crippen molar-refractivity contribution in [2.45, 2.75) is 46.5 Å². The topological polar surface area (TPSA) is 64.6 Å². The molecule has 1 rings (SSSR count). The zero-order valence-electron chi connectivity index (χ0n) is 14.3. The van der Waals surface area contributed by atoms with Gasteiger partial charge in [0.25, 0.3) is 0 Å². The zero-order valence-corrected chi connectivity index (χ0v) is 14.3. The Labute approximate surface area is 138 Å². The molecule has 0 spiro atoms. The van der Waals surface area contributed by atoms with Crippen molar-refractivity contribution < 1.29 is 19.1 Å². The van der Waals surface area contributed by atoms with Crippen molar-refractivity contribution in [1.82, 2.24) is 0 Å². The van der Waals surface area contributed by atoms with E-state index >= 15 is 0 Å². The number of hydrogen-bond donors (Lipinski definition) is 1. The van der Waals surface area contributed by atoms with Gasteiger partial charge < -0.3 is 14.8 Å². The summed E-state index contributed by atoms with van der Waals surface area (Å²) < 4.78 is 10.2. The van der Waals surface area contributed by atoms with Crippen LogP contribution in [0.5, 0.6) is 5.75 Å². The van der Waals surface area contributed by atoms with Crippen LogP contribution in [0.1, 0.15) is 46.5 Å². The van der Waals surface area contributed by atoms with E-state index in [0.717, 1.165) is 25.7 Å². The molecule has 5 heteroatoms. The van der Waals surface area contributed by atoms with Gasteiger partial charge in [0, 0.05) is 17.7 Å². The van der Waals surface area contributed by atoms with Crippen LogP contribution in [0.2, 0.25) is 0 Å². The Bertz CT molecular complexity index is 502. The normalized spacial score (nSPS) is 11.6. The average molecular weight is 321 g/mol. The number of carbonyl (C=O) groups excluding carboxylic acids is 2. The summed E-state index contributed by atoms with van der Waals surface area (Å²) in [6.45, 7) is 6.08. The van der Waals surface area contributed by atoms with E-state index in [-0.39, 0.29) is 18.4 Å². The van der Waals surface area contributed by atoms with Crippen molar-refractivity contribution >= 4 is 17.6 Å². The predicted octanol–water partition coefficient (Wildman–Crippen LogP) is 3.78. The minimum absolute atomic E-state index is 0.0269. The van der Waals surface area contributed by atoms with E-state index in [1.807, 2.05) is 13.0 Å². The van der Waals surface area contributed by atoms with Crippen LogP contribution in [0.15, 0.2) is 24.3 Å². The third-order valence-corrected chi connectivity index (χ3v) is 3.53. The fourth-order valence-corrected chi connectivity index (χ4v) is 2.22. The summed E-state index contributed by atoms with van der Waals surface area (Å²) in [5.74, 6) is 0.174. The van der Waals surface area contributed by atoms with E-state index in [2.05, 4.69) is 12.2 Å². The highest BCUT2D eigenvalue weighted by atomic mass is 16.6. The van der Waals surface area contributed by atoms with Crippen molar-refractivity contribution in [2.75, 3.05) is 18.5 Å². The standard InChI is InChI=1S/C18H27NO4/c1-4-7-9-14(5-2)18(21)19-15-10-8-11-16(12-15)23-13-17(20)22-6-3/h8,10-12,14H,4-7,9,13H2,1-3H3,(H,19,21). The maximum atomic E-state index is 12.3.